The van der Waals surface area contributed by atoms with Crippen LogP contribution in [0.1, 0.15) is 50.8 Å². The van der Waals surface area contributed by atoms with Gasteiger partial charge in [0.2, 0.25) is 0 Å². The number of nitrogens with one attached hydrogen (secondary N) is 1. The minimum absolute atomic E-state index is 0.173. The number of benzene rings is 1. The fourth-order valence-corrected chi connectivity index (χ4v) is 3.94. The zero-order valence-electron chi connectivity index (χ0n) is 11.0. The third-order valence-corrected chi connectivity index (χ3v) is 5.24. The molecule has 1 aliphatic rings. The molecule has 3 atom stereocenters. The Hall–Kier alpha value is -0.670. The lowest BCUT2D eigenvalue weighted by Crippen LogP contribution is -2.27. The summed E-state index contributed by atoms with van der Waals surface area (Å²) in [4.78, 5) is 1.02. The highest BCUT2D eigenvalue weighted by molar-refractivity contribution is 7.86. The van der Waals surface area contributed by atoms with Gasteiger partial charge < -0.3 is 5.32 Å². The second-order valence-corrected chi connectivity index (χ2v) is 6.77. The maximum absolute atomic E-state index is 12.2. The molecule has 3 unspecified atom stereocenters. The molecule has 0 bridgehead atoms. The van der Waals surface area contributed by atoms with Gasteiger partial charge in [-0.25, -0.2) is 0 Å². The van der Waals surface area contributed by atoms with Crippen LogP contribution in [0.2, 0.25) is 0 Å². The molecule has 0 amide bonds. The van der Waals surface area contributed by atoms with Crippen molar-refractivity contribution in [2.45, 2.75) is 49.8 Å². The van der Waals surface area contributed by atoms with Gasteiger partial charge in [0, 0.05) is 10.9 Å². The van der Waals surface area contributed by atoms with Crippen LogP contribution in [0.15, 0.2) is 23.1 Å². The molecule has 0 spiro atoms. The summed E-state index contributed by atoms with van der Waals surface area (Å²) in [6.07, 6.45) is 0. The van der Waals surface area contributed by atoms with Crippen molar-refractivity contribution in [2.75, 3.05) is 6.54 Å². The van der Waals surface area contributed by atoms with E-state index < -0.39 is 10.8 Å². The highest BCUT2D eigenvalue weighted by atomic mass is 32.2. The molecule has 17 heavy (non-hydrogen) atoms. The van der Waals surface area contributed by atoms with Crippen LogP contribution in [0, 0.1) is 0 Å². The average molecular weight is 251 g/mol. The van der Waals surface area contributed by atoms with E-state index in [1.165, 1.54) is 11.1 Å². The van der Waals surface area contributed by atoms with Gasteiger partial charge in [-0.3, -0.25) is 4.21 Å². The van der Waals surface area contributed by atoms with Crippen LogP contribution < -0.4 is 5.32 Å². The third-order valence-electron chi connectivity index (χ3n) is 3.48. The summed E-state index contributed by atoms with van der Waals surface area (Å²) >= 11 is 0. The average Bonchev–Trinajstić information content (AvgIpc) is 2.54. The second-order valence-electron chi connectivity index (χ2n) is 4.99. The van der Waals surface area contributed by atoms with E-state index >= 15 is 0 Å². The summed E-state index contributed by atoms with van der Waals surface area (Å²) in [6, 6.07) is 6.64. The molecule has 2 nitrogen and oxygen atoms in total. The van der Waals surface area contributed by atoms with Crippen molar-refractivity contribution < 1.29 is 4.21 Å². The fraction of sp³-hybridized carbons (Fsp3) is 0.571. The summed E-state index contributed by atoms with van der Waals surface area (Å²) in [5.41, 5.74) is 2.57. The molecule has 1 aromatic carbocycles. The Morgan fingerprint density at radius 2 is 2.12 bits per heavy atom. The van der Waals surface area contributed by atoms with Gasteiger partial charge in [-0.1, -0.05) is 32.9 Å². The van der Waals surface area contributed by atoms with E-state index in [0.29, 0.717) is 5.92 Å². The highest BCUT2D eigenvalue weighted by Crippen LogP contribution is 2.37. The molecular formula is C14H21NOS. The molecular weight excluding hydrogens is 230 g/mol. The molecule has 0 aliphatic carbocycles. The molecule has 0 aromatic heterocycles. The Kier molecular flexibility index (Phi) is 3.69. The molecule has 0 radical (unpaired) electrons. The Morgan fingerprint density at radius 3 is 2.71 bits per heavy atom. The Bertz CT molecular complexity index is 442. The van der Waals surface area contributed by atoms with Crippen LogP contribution in [0.4, 0.5) is 0 Å². The summed E-state index contributed by atoms with van der Waals surface area (Å²) in [5, 5.41) is 3.63. The van der Waals surface area contributed by atoms with E-state index in [1.807, 2.05) is 0 Å². The zero-order valence-corrected chi connectivity index (χ0v) is 11.8. The van der Waals surface area contributed by atoms with Crippen LogP contribution in [0.25, 0.3) is 0 Å². The monoisotopic (exact) mass is 251 g/mol. The van der Waals surface area contributed by atoms with Crippen LogP contribution in [0.3, 0.4) is 0 Å². The van der Waals surface area contributed by atoms with Gasteiger partial charge in [0.1, 0.15) is 0 Å². The molecule has 1 aromatic rings. The molecule has 2 rings (SSSR count). The van der Waals surface area contributed by atoms with Crippen LogP contribution in [-0.4, -0.2) is 16.0 Å². The third kappa shape index (κ3) is 2.18. The second kappa shape index (κ2) is 4.91. The summed E-state index contributed by atoms with van der Waals surface area (Å²) in [7, 11) is -0.858. The molecule has 0 fully saturated rings. The minimum Gasteiger partial charge on any atom is -0.309 e. The first-order valence-electron chi connectivity index (χ1n) is 6.34. The van der Waals surface area contributed by atoms with E-state index in [1.54, 1.807) is 0 Å². The van der Waals surface area contributed by atoms with E-state index in [0.717, 1.165) is 11.4 Å². The van der Waals surface area contributed by atoms with Crippen LogP contribution >= 0.6 is 0 Å². The molecule has 0 saturated carbocycles. The molecule has 94 valence electrons. The largest absolute Gasteiger partial charge is 0.309 e. The normalized spacial score (nSPS) is 27.5. The quantitative estimate of drug-likeness (QED) is 0.895. The van der Waals surface area contributed by atoms with Crippen LogP contribution in [0.5, 0.6) is 0 Å². The predicted molar refractivity (Wildman–Crippen MR) is 72.8 cm³/mol. The SMILES string of the molecule is CCNC1c2cc(C(C)C)ccc2S(=O)C1C. The van der Waals surface area contributed by atoms with Crippen molar-refractivity contribution in [1.29, 1.82) is 0 Å². The lowest BCUT2D eigenvalue weighted by molar-refractivity contribution is 0.546. The van der Waals surface area contributed by atoms with Gasteiger partial charge in [0.25, 0.3) is 0 Å². The first-order valence-corrected chi connectivity index (χ1v) is 7.55. The van der Waals surface area contributed by atoms with Crippen molar-refractivity contribution in [3.05, 3.63) is 29.3 Å². The highest BCUT2D eigenvalue weighted by Gasteiger charge is 2.35. The summed E-state index contributed by atoms with van der Waals surface area (Å²) in [6.45, 7) is 9.47. The van der Waals surface area contributed by atoms with Gasteiger partial charge in [0.15, 0.2) is 0 Å². The van der Waals surface area contributed by atoms with Crippen molar-refractivity contribution in [3.8, 4) is 0 Å². The minimum atomic E-state index is -0.858. The maximum Gasteiger partial charge on any atom is 0.0580 e. The van der Waals surface area contributed by atoms with Gasteiger partial charge in [-0.05, 0) is 36.6 Å². The van der Waals surface area contributed by atoms with Gasteiger partial charge in [0.05, 0.1) is 16.0 Å². The van der Waals surface area contributed by atoms with Crippen molar-refractivity contribution in [1.82, 2.24) is 5.32 Å². The first kappa shape index (κ1) is 12.8. The van der Waals surface area contributed by atoms with Gasteiger partial charge >= 0.3 is 0 Å². The maximum atomic E-state index is 12.2. The predicted octanol–water partition coefficient (Wildman–Crippen LogP) is 2.97. The molecule has 1 heterocycles. The van der Waals surface area contributed by atoms with Gasteiger partial charge in [-0.15, -0.1) is 0 Å². The number of hydrogen-bond donors (Lipinski definition) is 1. The van der Waals surface area contributed by atoms with E-state index in [9.17, 15) is 4.21 Å². The van der Waals surface area contributed by atoms with Crippen molar-refractivity contribution in [2.24, 2.45) is 0 Å². The standard InChI is InChI=1S/C14H21NOS/c1-5-15-14-10(4)17(16)13-7-6-11(9(2)3)8-12(13)14/h6-10,14-15H,5H2,1-4H3. The first-order chi connectivity index (χ1) is 8.06. The van der Waals surface area contributed by atoms with Gasteiger partial charge in [-0.2, -0.15) is 0 Å². The fourth-order valence-electron chi connectivity index (χ4n) is 2.42. The summed E-state index contributed by atoms with van der Waals surface area (Å²) in [5.74, 6) is 0.520. The lowest BCUT2D eigenvalue weighted by atomic mass is 9.97. The topological polar surface area (TPSA) is 29.1 Å². The van der Waals surface area contributed by atoms with E-state index in [4.69, 9.17) is 0 Å². The molecule has 0 saturated heterocycles. The Labute approximate surface area is 106 Å². The number of hydrogen-bond acceptors (Lipinski definition) is 2. The van der Waals surface area contributed by atoms with E-state index in [2.05, 4.69) is 51.2 Å². The smallest absolute Gasteiger partial charge is 0.0580 e. The summed E-state index contributed by atoms with van der Waals surface area (Å²) < 4.78 is 12.2. The zero-order chi connectivity index (χ0) is 12.6. The van der Waals surface area contributed by atoms with E-state index in [-0.39, 0.29) is 11.3 Å². The Balaban J connectivity index is 2.45. The van der Waals surface area contributed by atoms with Crippen molar-refractivity contribution >= 4 is 10.8 Å². The molecule has 1 N–H and O–H groups in total. The number of fused-ring (bicyclic) bond motifs is 1. The molecule has 1 aliphatic heterocycles. The van der Waals surface area contributed by atoms with Crippen LogP contribution in [-0.2, 0) is 10.8 Å². The number of rotatable bonds is 3. The Morgan fingerprint density at radius 1 is 1.41 bits per heavy atom. The lowest BCUT2D eigenvalue weighted by Gasteiger charge is -2.17. The van der Waals surface area contributed by atoms with Crippen molar-refractivity contribution in [3.63, 3.8) is 0 Å². The molecule has 3 heteroatoms.